The first-order chi connectivity index (χ1) is 12.9. The molecule has 1 unspecified atom stereocenters. The maximum atomic E-state index is 12.1. The normalized spacial score (nSPS) is 12.3. The van der Waals surface area contributed by atoms with Gasteiger partial charge in [-0.15, -0.1) is 0 Å². The highest BCUT2D eigenvalue weighted by atomic mass is 16.5. The van der Waals surface area contributed by atoms with Gasteiger partial charge in [0.2, 0.25) is 0 Å². The summed E-state index contributed by atoms with van der Waals surface area (Å²) in [5, 5.41) is 9.97. The molecule has 4 heteroatoms. The molecule has 0 aliphatic carbocycles. The second kappa shape index (κ2) is 9.38. The van der Waals surface area contributed by atoms with Gasteiger partial charge in [0.05, 0.1) is 5.56 Å². The average molecular weight is 368 g/mol. The lowest BCUT2D eigenvalue weighted by molar-refractivity contribution is 0.0130. The summed E-state index contributed by atoms with van der Waals surface area (Å²) in [5.74, 6) is 0.186. The van der Waals surface area contributed by atoms with Crippen LogP contribution < -0.4 is 4.74 Å². The van der Waals surface area contributed by atoms with Crippen LogP contribution in [0, 0.1) is 0 Å². The van der Waals surface area contributed by atoms with Gasteiger partial charge in [-0.1, -0.05) is 57.7 Å². The van der Waals surface area contributed by atoms with E-state index in [4.69, 9.17) is 9.47 Å². The van der Waals surface area contributed by atoms with E-state index in [0.29, 0.717) is 11.3 Å². The predicted molar refractivity (Wildman–Crippen MR) is 108 cm³/mol. The Kier molecular flexibility index (Phi) is 7.19. The molecule has 0 saturated carbocycles. The highest BCUT2D eigenvalue weighted by Crippen LogP contribution is 2.26. The molecule has 2 aromatic rings. The highest BCUT2D eigenvalue weighted by Gasteiger charge is 2.19. The summed E-state index contributed by atoms with van der Waals surface area (Å²) in [6.07, 6.45) is 1.86. The van der Waals surface area contributed by atoms with Crippen molar-refractivity contribution in [3.63, 3.8) is 0 Å². The summed E-state index contributed by atoms with van der Waals surface area (Å²) in [4.78, 5) is 12.1. The zero-order valence-electron chi connectivity index (χ0n) is 16.3. The third kappa shape index (κ3) is 5.97. The SMILES string of the molecule is C=Cc1ccc(OCC(O)COC(=O)c2ccc(C(C)(C)CC)cc2)cc1. The molecule has 0 spiro atoms. The van der Waals surface area contributed by atoms with Crippen LogP contribution in [0.5, 0.6) is 5.75 Å². The first kappa shape index (κ1) is 20.7. The molecule has 2 rings (SSSR count). The van der Waals surface area contributed by atoms with Crippen molar-refractivity contribution < 1.29 is 19.4 Å². The van der Waals surface area contributed by atoms with Crippen molar-refractivity contribution in [1.82, 2.24) is 0 Å². The molecule has 144 valence electrons. The van der Waals surface area contributed by atoms with E-state index in [2.05, 4.69) is 27.4 Å². The van der Waals surface area contributed by atoms with Gasteiger partial charge in [0.15, 0.2) is 0 Å². The number of ether oxygens (including phenoxy) is 2. The van der Waals surface area contributed by atoms with Crippen LogP contribution in [0.25, 0.3) is 6.08 Å². The van der Waals surface area contributed by atoms with Crippen molar-refractivity contribution >= 4 is 12.0 Å². The van der Waals surface area contributed by atoms with Crippen molar-refractivity contribution in [2.24, 2.45) is 0 Å². The van der Waals surface area contributed by atoms with E-state index in [1.165, 1.54) is 5.56 Å². The minimum Gasteiger partial charge on any atom is -0.491 e. The number of hydrogen-bond acceptors (Lipinski definition) is 4. The number of aliphatic hydroxyl groups is 1. The number of esters is 1. The third-order valence-electron chi connectivity index (χ3n) is 4.75. The Morgan fingerprint density at radius 3 is 2.30 bits per heavy atom. The van der Waals surface area contributed by atoms with Crippen molar-refractivity contribution in [2.75, 3.05) is 13.2 Å². The Hall–Kier alpha value is -2.59. The molecule has 0 saturated heterocycles. The standard InChI is InChI=1S/C23H28O4/c1-5-17-7-13-21(14-8-17)26-15-20(24)16-27-22(25)18-9-11-19(12-10-18)23(3,4)6-2/h5,7-14,20,24H,1,6,15-16H2,2-4H3. The Balaban J connectivity index is 1.81. The van der Waals surface area contributed by atoms with Gasteiger partial charge in [-0.05, 0) is 47.2 Å². The quantitative estimate of drug-likeness (QED) is 0.657. The molecule has 0 heterocycles. The summed E-state index contributed by atoms with van der Waals surface area (Å²) in [6, 6.07) is 14.8. The molecule has 0 bridgehead atoms. The Labute approximate surface area is 161 Å². The van der Waals surface area contributed by atoms with E-state index < -0.39 is 12.1 Å². The first-order valence-corrected chi connectivity index (χ1v) is 9.16. The fraction of sp³-hybridized carbons (Fsp3) is 0.348. The zero-order chi connectivity index (χ0) is 19.9. The molecule has 1 atom stereocenters. The highest BCUT2D eigenvalue weighted by molar-refractivity contribution is 5.89. The zero-order valence-corrected chi connectivity index (χ0v) is 16.3. The van der Waals surface area contributed by atoms with Crippen LogP contribution in [0.15, 0.2) is 55.1 Å². The molecule has 0 amide bonds. The number of hydrogen-bond donors (Lipinski definition) is 1. The topological polar surface area (TPSA) is 55.8 Å². The van der Waals surface area contributed by atoms with Crippen LogP contribution in [0.4, 0.5) is 0 Å². The van der Waals surface area contributed by atoms with Gasteiger partial charge < -0.3 is 14.6 Å². The smallest absolute Gasteiger partial charge is 0.338 e. The number of rotatable bonds is 9. The number of carbonyl (C=O) groups excluding carboxylic acids is 1. The average Bonchev–Trinajstić information content (AvgIpc) is 2.70. The van der Waals surface area contributed by atoms with E-state index in [1.807, 2.05) is 24.3 Å². The Morgan fingerprint density at radius 2 is 1.74 bits per heavy atom. The van der Waals surface area contributed by atoms with Gasteiger partial charge in [-0.3, -0.25) is 0 Å². The van der Waals surface area contributed by atoms with Crippen molar-refractivity contribution in [2.45, 2.75) is 38.7 Å². The van der Waals surface area contributed by atoms with E-state index in [0.717, 1.165) is 12.0 Å². The van der Waals surface area contributed by atoms with Crippen molar-refractivity contribution in [1.29, 1.82) is 0 Å². The Bertz CT molecular complexity index is 745. The fourth-order valence-corrected chi connectivity index (χ4v) is 2.46. The molecule has 4 nitrogen and oxygen atoms in total. The van der Waals surface area contributed by atoms with Gasteiger partial charge in [-0.25, -0.2) is 4.79 Å². The second-order valence-corrected chi connectivity index (χ2v) is 7.15. The van der Waals surface area contributed by atoms with Crippen LogP contribution in [0.1, 0.15) is 48.7 Å². The van der Waals surface area contributed by atoms with Crippen LogP contribution in [0.3, 0.4) is 0 Å². The first-order valence-electron chi connectivity index (χ1n) is 9.16. The van der Waals surface area contributed by atoms with Crippen molar-refractivity contribution in [3.05, 3.63) is 71.8 Å². The van der Waals surface area contributed by atoms with Crippen molar-refractivity contribution in [3.8, 4) is 5.75 Å². The molecule has 0 aromatic heterocycles. The number of aliphatic hydroxyl groups excluding tert-OH is 1. The molecular formula is C23H28O4. The van der Waals surface area contributed by atoms with Crippen LogP contribution in [0.2, 0.25) is 0 Å². The predicted octanol–water partition coefficient (Wildman–Crippen LogP) is 4.61. The van der Waals surface area contributed by atoms with Gasteiger partial charge in [0.25, 0.3) is 0 Å². The van der Waals surface area contributed by atoms with Crippen LogP contribution in [-0.2, 0) is 10.2 Å². The summed E-state index contributed by atoms with van der Waals surface area (Å²) < 4.78 is 10.7. The van der Waals surface area contributed by atoms with E-state index in [9.17, 15) is 9.90 Å². The summed E-state index contributed by atoms with van der Waals surface area (Å²) in [5.41, 5.74) is 2.71. The van der Waals surface area contributed by atoms with Gasteiger partial charge in [-0.2, -0.15) is 0 Å². The number of benzene rings is 2. The largest absolute Gasteiger partial charge is 0.491 e. The lowest BCUT2D eigenvalue weighted by Gasteiger charge is -2.23. The molecule has 0 aliphatic rings. The summed E-state index contributed by atoms with van der Waals surface area (Å²) in [6.45, 7) is 10.1. The summed E-state index contributed by atoms with van der Waals surface area (Å²) >= 11 is 0. The maximum absolute atomic E-state index is 12.1. The summed E-state index contributed by atoms with van der Waals surface area (Å²) in [7, 11) is 0. The minimum absolute atomic E-state index is 0.0460. The Morgan fingerprint density at radius 1 is 1.11 bits per heavy atom. The molecule has 0 radical (unpaired) electrons. The fourth-order valence-electron chi connectivity index (χ4n) is 2.46. The van der Waals surface area contributed by atoms with Gasteiger partial charge >= 0.3 is 5.97 Å². The second-order valence-electron chi connectivity index (χ2n) is 7.15. The van der Waals surface area contributed by atoms with E-state index >= 15 is 0 Å². The molecule has 0 aliphatic heterocycles. The van der Waals surface area contributed by atoms with Crippen LogP contribution in [-0.4, -0.2) is 30.4 Å². The molecule has 0 fully saturated rings. The van der Waals surface area contributed by atoms with Crippen LogP contribution >= 0.6 is 0 Å². The molecule has 27 heavy (non-hydrogen) atoms. The molecular weight excluding hydrogens is 340 g/mol. The molecule has 2 aromatic carbocycles. The maximum Gasteiger partial charge on any atom is 0.338 e. The monoisotopic (exact) mass is 368 g/mol. The number of carbonyl (C=O) groups is 1. The minimum atomic E-state index is -0.897. The lowest BCUT2D eigenvalue weighted by Crippen LogP contribution is -2.25. The van der Waals surface area contributed by atoms with Gasteiger partial charge in [0, 0.05) is 0 Å². The van der Waals surface area contributed by atoms with Gasteiger partial charge in [0.1, 0.15) is 25.1 Å². The van der Waals surface area contributed by atoms with E-state index in [-0.39, 0.29) is 18.6 Å². The third-order valence-corrected chi connectivity index (χ3v) is 4.75. The molecule has 1 N–H and O–H groups in total. The lowest BCUT2D eigenvalue weighted by atomic mass is 9.82. The van der Waals surface area contributed by atoms with E-state index in [1.54, 1.807) is 30.3 Å².